The van der Waals surface area contributed by atoms with Gasteiger partial charge in [0.25, 0.3) is 0 Å². The summed E-state index contributed by atoms with van der Waals surface area (Å²) in [4.78, 5) is 0. The van der Waals surface area contributed by atoms with Crippen molar-refractivity contribution >= 4 is 64.6 Å². The quantitative estimate of drug-likeness (QED) is 0.191. The Labute approximate surface area is 235 Å². The third-order valence-corrected chi connectivity index (χ3v) is 9.22. The molecular weight excluding hydrogens is 480 g/mol. The van der Waals surface area contributed by atoms with Gasteiger partial charge in [0.2, 0.25) is 0 Å². The third-order valence-electron chi connectivity index (χ3n) is 9.22. The highest BCUT2D eigenvalue weighted by atomic mass is 14.2. The van der Waals surface area contributed by atoms with Crippen molar-refractivity contribution in [2.45, 2.75) is 52.4 Å². The van der Waals surface area contributed by atoms with Crippen molar-refractivity contribution in [2.24, 2.45) is 0 Å². The van der Waals surface area contributed by atoms with Gasteiger partial charge in [0.15, 0.2) is 0 Å². The number of hydrogen-bond acceptors (Lipinski definition) is 0. The molecule has 0 saturated carbocycles. The van der Waals surface area contributed by atoms with Gasteiger partial charge in [-0.15, -0.1) is 0 Å². The van der Waals surface area contributed by atoms with E-state index in [1.807, 2.05) is 0 Å². The van der Waals surface area contributed by atoms with E-state index in [4.69, 9.17) is 0 Å². The Morgan fingerprint density at radius 2 is 0.625 bits per heavy atom. The number of benzene rings is 8. The van der Waals surface area contributed by atoms with Gasteiger partial charge < -0.3 is 0 Å². The molecule has 0 saturated heterocycles. The van der Waals surface area contributed by atoms with Gasteiger partial charge in [-0.25, -0.2) is 0 Å². The van der Waals surface area contributed by atoms with Crippen molar-refractivity contribution in [1.82, 2.24) is 0 Å². The lowest BCUT2D eigenvalue weighted by Gasteiger charge is -2.23. The molecule has 0 aliphatic heterocycles. The highest BCUT2D eigenvalue weighted by Crippen LogP contribution is 2.45. The fourth-order valence-corrected chi connectivity index (χ4v) is 6.97. The van der Waals surface area contributed by atoms with Crippen molar-refractivity contribution in [2.75, 3.05) is 0 Å². The summed E-state index contributed by atoms with van der Waals surface area (Å²) in [6.07, 6.45) is 0. The zero-order chi connectivity index (χ0) is 27.6. The molecule has 0 atom stereocenters. The first-order valence-corrected chi connectivity index (χ1v) is 14.5. The molecule has 0 aliphatic carbocycles. The van der Waals surface area contributed by atoms with Crippen LogP contribution in [-0.2, 0) is 10.8 Å². The van der Waals surface area contributed by atoms with Crippen LogP contribution in [0.4, 0.5) is 0 Å². The highest BCUT2D eigenvalue weighted by Gasteiger charge is 2.20. The van der Waals surface area contributed by atoms with Crippen LogP contribution in [0.1, 0.15) is 52.7 Å². The monoisotopic (exact) mass is 514 g/mol. The molecule has 0 aliphatic rings. The van der Waals surface area contributed by atoms with Crippen molar-refractivity contribution in [3.05, 3.63) is 108 Å². The normalized spacial score (nSPS) is 13.2. The Hall–Kier alpha value is -4.16. The van der Waals surface area contributed by atoms with Gasteiger partial charge in [-0.3, -0.25) is 0 Å². The topological polar surface area (TPSA) is 0 Å². The summed E-state index contributed by atoms with van der Waals surface area (Å²) >= 11 is 0. The van der Waals surface area contributed by atoms with Crippen molar-refractivity contribution in [1.29, 1.82) is 0 Å². The van der Waals surface area contributed by atoms with Crippen LogP contribution in [0.5, 0.6) is 0 Å². The van der Waals surface area contributed by atoms with Gasteiger partial charge in [-0.05, 0) is 97.7 Å². The third kappa shape index (κ3) is 3.26. The number of rotatable bonds is 1. The van der Waals surface area contributed by atoms with E-state index in [-0.39, 0.29) is 10.8 Å². The molecule has 0 aromatic heterocycles. The average molecular weight is 515 g/mol. The van der Waals surface area contributed by atoms with Crippen LogP contribution in [0.25, 0.3) is 75.8 Å². The van der Waals surface area contributed by atoms with E-state index < -0.39 is 0 Å². The molecule has 0 radical (unpaired) electrons. The zero-order valence-electron chi connectivity index (χ0n) is 24.2. The van der Waals surface area contributed by atoms with E-state index in [9.17, 15) is 0 Å². The maximum absolute atomic E-state index is 2.40. The summed E-state index contributed by atoms with van der Waals surface area (Å²) in [6.45, 7) is 13.8. The van der Waals surface area contributed by atoms with E-state index in [2.05, 4.69) is 139 Å². The molecule has 0 amide bonds. The first kappa shape index (κ1) is 23.7. The van der Waals surface area contributed by atoms with E-state index in [1.165, 1.54) is 86.9 Å². The van der Waals surface area contributed by atoms with E-state index >= 15 is 0 Å². The Balaban J connectivity index is 1.44. The minimum atomic E-state index is 0.116. The Bertz CT molecular complexity index is 2060. The standard InChI is InChI=1S/C40H34/c1-39(2,3)29-19-25-9-7-23-11-15-31(33-17-13-27(21-29)35(25)37(23)33)32-16-12-24-8-10-26-20-30(40(4,5)6)22-28-14-18-34(32)38(24)36(26)28/h7-22H,1-6H3. The van der Waals surface area contributed by atoms with Gasteiger partial charge in [0, 0.05) is 0 Å². The van der Waals surface area contributed by atoms with Crippen LogP contribution in [0.3, 0.4) is 0 Å². The highest BCUT2D eigenvalue weighted by molar-refractivity contribution is 6.29. The summed E-state index contributed by atoms with van der Waals surface area (Å²) < 4.78 is 0. The van der Waals surface area contributed by atoms with Crippen molar-refractivity contribution in [3.63, 3.8) is 0 Å². The first-order valence-electron chi connectivity index (χ1n) is 14.5. The van der Waals surface area contributed by atoms with Gasteiger partial charge >= 0.3 is 0 Å². The van der Waals surface area contributed by atoms with Gasteiger partial charge in [-0.2, -0.15) is 0 Å². The Morgan fingerprint density at radius 1 is 0.325 bits per heavy atom. The van der Waals surface area contributed by atoms with Crippen LogP contribution < -0.4 is 0 Å². The molecule has 40 heavy (non-hydrogen) atoms. The summed E-state index contributed by atoms with van der Waals surface area (Å²) in [5, 5.41) is 16.2. The van der Waals surface area contributed by atoms with E-state index in [0.29, 0.717) is 0 Å². The first-order chi connectivity index (χ1) is 19.1. The lowest BCUT2D eigenvalue weighted by Crippen LogP contribution is -2.10. The van der Waals surface area contributed by atoms with Crippen LogP contribution in [-0.4, -0.2) is 0 Å². The van der Waals surface area contributed by atoms with Crippen LogP contribution in [0.15, 0.2) is 97.1 Å². The lowest BCUT2D eigenvalue weighted by molar-refractivity contribution is 0.591. The van der Waals surface area contributed by atoms with Gasteiger partial charge in [0.05, 0.1) is 0 Å². The second kappa shape index (κ2) is 7.73. The SMILES string of the molecule is CC(C)(C)c1cc2ccc3ccc(-c4ccc5ccc6cc(C(C)(C)C)cc7ccc4c5c67)c4ccc(c1)c2c34. The molecule has 194 valence electrons. The average Bonchev–Trinajstić information content (AvgIpc) is 2.93. The second-order valence-electron chi connectivity index (χ2n) is 13.9. The molecule has 0 heterocycles. The van der Waals surface area contributed by atoms with E-state index in [0.717, 1.165) is 0 Å². The fourth-order valence-electron chi connectivity index (χ4n) is 6.97. The summed E-state index contributed by atoms with van der Waals surface area (Å²) in [5.74, 6) is 0. The fraction of sp³-hybridized carbons (Fsp3) is 0.200. The van der Waals surface area contributed by atoms with E-state index in [1.54, 1.807) is 0 Å². The Morgan fingerprint density at radius 3 is 0.975 bits per heavy atom. The summed E-state index contributed by atoms with van der Waals surface area (Å²) in [6, 6.07) is 37.5. The van der Waals surface area contributed by atoms with Crippen molar-refractivity contribution < 1.29 is 0 Å². The molecule has 0 spiro atoms. The van der Waals surface area contributed by atoms with Crippen molar-refractivity contribution in [3.8, 4) is 11.1 Å². The summed E-state index contributed by atoms with van der Waals surface area (Å²) in [5.41, 5.74) is 5.64. The Kier molecular flexibility index (Phi) is 4.58. The molecule has 0 nitrogen and oxygen atoms in total. The molecule has 0 fully saturated rings. The smallest absolute Gasteiger partial charge is 0.00206 e. The largest absolute Gasteiger partial charge is 0.0561 e. The lowest BCUT2D eigenvalue weighted by atomic mass is 9.81. The maximum atomic E-state index is 2.40. The van der Waals surface area contributed by atoms with Gasteiger partial charge in [0.1, 0.15) is 0 Å². The van der Waals surface area contributed by atoms with Crippen LogP contribution >= 0.6 is 0 Å². The molecule has 0 unspecified atom stereocenters. The molecule has 0 N–H and O–H groups in total. The molecular formula is C40H34. The molecule has 8 aromatic rings. The second-order valence-corrected chi connectivity index (χ2v) is 13.9. The maximum Gasteiger partial charge on any atom is -0.00206 e. The van der Waals surface area contributed by atoms with Gasteiger partial charge in [-0.1, -0.05) is 139 Å². The predicted molar refractivity (Wildman–Crippen MR) is 177 cm³/mol. The molecule has 8 rings (SSSR count). The summed E-state index contributed by atoms with van der Waals surface area (Å²) in [7, 11) is 0. The van der Waals surface area contributed by atoms with Crippen LogP contribution in [0, 0.1) is 0 Å². The zero-order valence-corrected chi connectivity index (χ0v) is 24.2. The van der Waals surface area contributed by atoms with Crippen LogP contribution in [0.2, 0.25) is 0 Å². The molecule has 8 aromatic carbocycles. The predicted octanol–water partition coefficient (Wildman–Crippen LogP) is 11.7. The minimum absolute atomic E-state index is 0.116. The minimum Gasteiger partial charge on any atom is -0.0561 e. The number of hydrogen-bond donors (Lipinski definition) is 0. The molecule has 0 bridgehead atoms. The molecule has 0 heteroatoms.